The Bertz CT molecular complexity index is 369. The summed E-state index contributed by atoms with van der Waals surface area (Å²) in [5.41, 5.74) is 1.42. The van der Waals surface area contributed by atoms with Crippen molar-refractivity contribution in [3.05, 3.63) is 35.4 Å². The van der Waals surface area contributed by atoms with E-state index in [0.29, 0.717) is 5.56 Å². The standard InChI is InChI=1S/C16H24O2/c1-13(2)9-5-3-4-6-10-14-11-7-8-12-15(14)16(17)18/h7-8,11-13H,3-6,9-10H2,1-2H3,(H,17,18). The number of carbonyl (C=O) groups is 1. The van der Waals surface area contributed by atoms with E-state index in [2.05, 4.69) is 13.8 Å². The normalized spacial score (nSPS) is 10.8. The summed E-state index contributed by atoms with van der Waals surface area (Å²) in [6.07, 6.45) is 7.00. The van der Waals surface area contributed by atoms with Crippen LogP contribution >= 0.6 is 0 Å². The molecular weight excluding hydrogens is 224 g/mol. The number of hydrogen-bond acceptors (Lipinski definition) is 1. The third-order valence-electron chi connectivity index (χ3n) is 3.23. The van der Waals surface area contributed by atoms with Crippen molar-refractivity contribution in [2.45, 2.75) is 52.4 Å². The predicted molar refractivity (Wildman–Crippen MR) is 75.0 cm³/mol. The van der Waals surface area contributed by atoms with Gasteiger partial charge in [0.1, 0.15) is 0 Å². The second kappa shape index (κ2) is 7.91. The summed E-state index contributed by atoms with van der Waals surface area (Å²) in [5.74, 6) is -0.0249. The smallest absolute Gasteiger partial charge is 0.335 e. The van der Waals surface area contributed by atoms with Gasteiger partial charge in [-0.15, -0.1) is 0 Å². The van der Waals surface area contributed by atoms with Crippen molar-refractivity contribution in [3.8, 4) is 0 Å². The maximum absolute atomic E-state index is 11.0. The Hall–Kier alpha value is -1.31. The largest absolute Gasteiger partial charge is 0.478 e. The van der Waals surface area contributed by atoms with Gasteiger partial charge in [0.2, 0.25) is 0 Å². The highest BCUT2D eigenvalue weighted by Gasteiger charge is 2.07. The first-order valence-corrected chi connectivity index (χ1v) is 6.92. The van der Waals surface area contributed by atoms with Crippen molar-refractivity contribution >= 4 is 5.97 Å². The van der Waals surface area contributed by atoms with E-state index >= 15 is 0 Å². The minimum Gasteiger partial charge on any atom is -0.478 e. The van der Waals surface area contributed by atoms with Crippen LogP contribution in [0.25, 0.3) is 0 Å². The highest BCUT2D eigenvalue weighted by molar-refractivity contribution is 5.89. The van der Waals surface area contributed by atoms with Crippen LogP contribution in [-0.2, 0) is 6.42 Å². The fourth-order valence-electron chi connectivity index (χ4n) is 2.17. The lowest BCUT2D eigenvalue weighted by Crippen LogP contribution is -2.02. The van der Waals surface area contributed by atoms with E-state index in [1.165, 1.54) is 25.7 Å². The van der Waals surface area contributed by atoms with Gasteiger partial charge in [0.15, 0.2) is 0 Å². The molecule has 0 fully saturated rings. The van der Waals surface area contributed by atoms with Gasteiger partial charge in [-0.3, -0.25) is 0 Å². The van der Waals surface area contributed by atoms with Gasteiger partial charge in [-0.1, -0.05) is 57.7 Å². The molecule has 100 valence electrons. The summed E-state index contributed by atoms with van der Waals surface area (Å²) in [7, 11) is 0. The molecule has 0 aromatic heterocycles. The van der Waals surface area contributed by atoms with Crippen LogP contribution in [0.5, 0.6) is 0 Å². The third-order valence-corrected chi connectivity index (χ3v) is 3.23. The molecule has 0 spiro atoms. The Kier molecular flexibility index (Phi) is 6.48. The van der Waals surface area contributed by atoms with Crippen molar-refractivity contribution in [2.75, 3.05) is 0 Å². The lowest BCUT2D eigenvalue weighted by Gasteiger charge is -2.06. The maximum atomic E-state index is 11.0. The number of rotatable bonds is 8. The molecule has 0 amide bonds. The number of carboxylic acid groups (broad SMARTS) is 1. The monoisotopic (exact) mass is 248 g/mol. The van der Waals surface area contributed by atoms with E-state index in [1.807, 2.05) is 12.1 Å². The molecular formula is C16H24O2. The lowest BCUT2D eigenvalue weighted by molar-refractivity contribution is 0.0695. The molecule has 1 aromatic carbocycles. The SMILES string of the molecule is CC(C)CCCCCCc1ccccc1C(=O)O. The Balaban J connectivity index is 2.29. The molecule has 0 saturated carbocycles. The lowest BCUT2D eigenvalue weighted by atomic mass is 9.99. The highest BCUT2D eigenvalue weighted by atomic mass is 16.4. The predicted octanol–water partition coefficient (Wildman–Crippen LogP) is 4.53. The fourth-order valence-corrected chi connectivity index (χ4v) is 2.17. The van der Waals surface area contributed by atoms with E-state index < -0.39 is 5.97 Å². The molecule has 1 N–H and O–H groups in total. The van der Waals surface area contributed by atoms with E-state index in [4.69, 9.17) is 5.11 Å². The molecule has 2 nitrogen and oxygen atoms in total. The first kappa shape index (κ1) is 14.7. The second-order valence-corrected chi connectivity index (χ2v) is 5.31. The summed E-state index contributed by atoms with van der Waals surface area (Å²) >= 11 is 0. The van der Waals surface area contributed by atoms with Gasteiger partial charge in [-0.25, -0.2) is 4.79 Å². The van der Waals surface area contributed by atoms with Gasteiger partial charge in [0.05, 0.1) is 5.56 Å². The first-order valence-electron chi connectivity index (χ1n) is 6.92. The first-order chi connectivity index (χ1) is 8.61. The average molecular weight is 248 g/mol. The number of carboxylic acids is 1. The summed E-state index contributed by atoms with van der Waals surface area (Å²) in [6.45, 7) is 4.51. The van der Waals surface area contributed by atoms with Crippen LogP contribution in [0.1, 0.15) is 61.9 Å². The zero-order chi connectivity index (χ0) is 13.4. The fraction of sp³-hybridized carbons (Fsp3) is 0.562. The molecule has 18 heavy (non-hydrogen) atoms. The van der Waals surface area contributed by atoms with Crippen LogP contribution in [-0.4, -0.2) is 11.1 Å². The summed E-state index contributed by atoms with van der Waals surface area (Å²) < 4.78 is 0. The number of unbranched alkanes of at least 4 members (excludes halogenated alkanes) is 3. The number of aryl methyl sites for hydroxylation is 1. The second-order valence-electron chi connectivity index (χ2n) is 5.31. The van der Waals surface area contributed by atoms with Crippen LogP contribution < -0.4 is 0 Å². The molecule has 0 aliphatic heterocycles. The number of benzene rings is 1. The van der Waals surface area contributed by atoms with Gasteiger partial charge in [0.25, 0.3) is 0 Å². The van der Waals surface area contributed by atoms with Gasteiger partial charge < -0.3 is 5.11 Å². The average Bonchev–Trinajstić information content (AvgIpc) is 2.33. The molecule has 1 aromatic rings. The van der Waals surface area contributed by atoms with Crippen LogP contribution in [0.4, 0.5) is 0 Å². The molecule has 0 atom stereocenters. The minimum absolute atomic E-state index is 0.458. The maximum Gasteiger partial charge on any atom is 0.335 e. The Morgan fingerprint density at radius 2 is 1.78 bits per heavy atom. The van der Waals surface area contributed by atoms with Crippen LogP contribution in [0.2, 0.25) is 0 Å². The number of aromatic carboxylic acids is 1. The quantitative estimate of drug-likeness (QED) is 0.686. The van der Waals surface area contributed by atoms with Crippen LogP contribution in [0.3, 0.4) is 0 Å². The van der Waals surface area contributed by atoms with Gasteiger partial charge >= 0.3 is 5.97 Å². The molecule has 0 unspecified atom stereocenters. The van der Waals surface area contributed by atoms with Gasteiger partial charge in [-0.2, -0.15) is 0 Å². The van der Waals surface area contributed by atoms with Gasteiger partial charge in [0, 0.05) is 0 Å². The van der Waals surface area contributed by atoms with Crippen molar-refractivity contribution in [1.82, 2.24) is 0 Å². The zero-order valence-electron chi connectivity index (χ0n) is 11.5. The van der Waals surface area contributed by atoms with Gasteiger partial charge in [-0.05, 0) is 30.4 Å². The Morgan fingerprint density at radius 3 is 2.44 bits per heavy atom. The molecule has 2 heteroatoms. The summed E-state index contributed by atoms with van der Waals surface area (Å²) in [6, 6.07) is 7.32. The third kappa shape index (κ3) is 5.35. The zero-order valence-corrected chi connectivity index (χ0v) is 11.5. The van der Waals surface area contributed by atoms with Crippen molar-refractivity contribution in [2.24, 2.45) is 5.92 Å². The van der Waals surface area contributed by atoms with Crippen molar-refractivity contribution in [3.63, 3.8) is 0 Å². The highest BCUT2D eigenvalue weighted by Crippen LogP contribution is 2.15. The van der Waals surface area contributed by atoms with E-state index in [9.17, 15) is 4.79 Å². The molecule has 0 aliphatic carbocycles. The van der Waals surface area contributed by atoms with Crippen LogP contribution in [0.15, 0.2) is 24.3 Å². The molecule has 0 aliphatic rings. The van der Waals surface area contributed by atoms with E-state index in [0.717, 1.165) is 24.3 Å². The molecule has 0 radical (unpaired) electrons. The molecule has 0 heterocycles. The Labute approximate surface area is 110 Å². The molecule has 0 bridgehead atoms. The Morgan fingerprint density at radius 1 is 1.11 bits per heavy atom. The number of hydrogen-bond donors (Lipinski definition) is 1. The van der Waals surface area contributed by atoms with E-state index in [-0.39, 0.29) is 0 Å². The van der Waals surface area contributed by atoms with Crippen molar-refractivity contribution in [1.29, 1.82) is 0 Å². The summed E-state index contributed by atoms with van der Waals surface area (Å²) in [5, 5.41) is 9.07. The molecule has 0 saturated heterocycles. The van der Waals surface area contributed by atoms with Crippen molar-refractivity contribution < 1.29 is 9.90 Å². The topological polar surface area (TPSA) is 37.3 Å². The minimum atomic E-state index is -0.814. The summed E-state index contributed by atoms with van der Waals surface area (Å²) in [4.78, 5) is 11.0. The van der Waals surface area contributed by atoms with Crippen LogP contribution in [0, 0.1) is 5.92 Å². The van der Waals surface area contributed by atoms with E-state index in [1.54, 1.807) is 12.1 Å². The molecule has 1 rings (SSSR count).